The Morgan fingerprint density at radius 2 is 1.79 bits per heavy atom. The van der Waals surface area contributed by atoms with Crippen molar-refractivity contribution in [3.63, 3.8) is 0 Å². The van der Waals surface area contributed by atoms with Crippen LogP contribution in [0.25, 0.3) is 0 Å². The molecule has 3 aromatic rings. The molecule has 4 rings (SSSR count). The molecule has 0 unspecified atom stereocenters. The molecule has 0 saturated heterocycles. The van der Waals surface area contributed by atoms with E-state index in [0.717, 1.165) is 21.8 Å². The maximum atomic E-state index is 13.4. The molecule has 1 aliphatic rings. The number of hydrogen-bond acceptors (Lipinski definition) is 7. The molecular formula is C23H23N3O6S2. The van der Waals surface area contributed by atoms with Crippen molar-refractivity contribution in [2.45, 2.75) is 23.6 Å². The molecule has 34 heavy (non-hydrogen) atoms. The van der Waals surface area contributed by atoms with Gasteiger partial charge in [0, 0.05) is 30.1 Å². The Balaban J connectivity index is 1.53. The quantitative estimate of drug-likeness (QED) is 0.514. The minimum atomic E-state index is -4.06. The molecule has 0 radical (unpaired) electrons. The lowest BCUT2D eigenvalue weighted by molar-refractivity contribution is -0.120. The fraction of sp³-hybridized carbons (Fsp3) is 0.217. The number of anilines is 1. The standard InChI is InChI=1S/C23H23N3O6S2/c1-15-8-11-21(33-15)34(29,30)25-23(28)24-18(12-16-6-4-3-5-7-16)22(27)26(2)17-9-10-19-20(13-17)32-14-31-19/h3-11,13,18H,12,14H2,1-2H3,(H2,24,25,28)/t18-/m0/s1. The Bertz CT molecular complexity index is 1310. The molecule has 2 heterocycles. The summed E-state index contributed by atoms with van der Waals surface area (Å²) in [4.78, 5) is 28.2. The summed E-state index contributed by atoms with van der Waals surface area (Å²) >= 11 is 1.05. The van der Waals surface area contributed by atoms with E-state index in [1.165, 1.54) is 11.0 Å². The Morgan fingerprint density at radius 1 is 1.06 bits per heavy atom. The van der Waals surface area contributed by atoms with Crippen LogP contribution in [0.15, 0.2) is 64.9 Å². The number of thiophene rings is 1. The third-order valence-corrected chi connectivity index (χ3v) is 7.99. The maximum Gasteiger partial charge on any atom is 0.329 e. The number of carbonyl (C=O) groups is 2. The van der Waals surface area contributed by atoms with Crippen LogP contribution in [0.3, 0.4) is 0 Å². The smallest absolute Gasteiger partial charge is 0.329 e. The molecule has 11 heteroatoms. The van der Waals surface area contributed by atoms with Crippen molar-refractivity contribution in [3.05, 3.63) is 71.1 Å². The average Bonchev–Trinajstić information content (AvgIpc) is 3.46. The summed E-state index contributed by atoms with van der Waals surface area (Å²) < 4.78 is 37.8. The van der Waals surface area contributed by atoms with Gasteiger partial charge in [-0.1, -0.05) is 30.3 Å². The number of hydrogen-bond donors (Lipinski definition) is 2. The average molecular weight is 502 g/mol. The predicted molar refractivity (Wildman–Crippen MR) is 128 cm³/mol. The molecule has 1 atom stereocenters. The molecule has 0 spiro atoms. The van der Waals surface area contributed by atoms with Crippen LogP contribution in [-0.4, -0.2) is 40.2 Å². The Labute approximate surface area is 201 Å². The van der Waals surface area contributed by atoms with Crippen LogP contribution < -0.4 is 24.4 Å². The number of sulfonamides is 1. The fourth-order valence-corrected chi connectivity index (χ4v) is 5.62. The first kappa shape index (κ1) is 23.6. The number of aryl methyl sites for hydroxylation is 1. The number of likely N-dealkylation sites (N-methyl/N-ethyl adjacent to an activating group) is 1. The van der Waals surface area contributed by atoms with Gasteiger partial charge in [0.1, 0.15) is 10.3 Å². The number of urea groups is 1. The number of ether oxygens (including phenoxy) is 2. The number of carbonyl (C=O) groups excluding carboxylic acids is 2. The number of fused-ring (bicyclic) bond motifs is 1. The van der Waals surface area contributed by atoms with Crippen LogP contribution in [-0.2, 0) is 21.2 Å². The van der Waals surface area contributed by atoms with Gasteiger partial charge < -0.3 is 19.7 Å². The van der Waals surface area contributed by atoms with Gasteiger partial charge in [-0.3, -0.25) is 4.79 Å². The zero-order valence-corrected chi connectivity index (χ0v) is 20.1. The van der Waals surface area contributed by atoms with Gasteiger partial charge in [-0.2, -0.15) is 0 Å². The van der Waals surface area contributed by atoms with E-state index < -0.39 is 28.0 Å². The zero-order valence-electron chi connectivity index (χ0n) is 18.5. The second-order valence-corrected chi connectivity index (χ2v) is 10.8. The second kappa shape index (κ2) is 9.74. The lowest BCUT2D eigenvalue weighted by Gasteiger charge is -2.25. The van der Waals surface area contributed by atoms with Crippen molar-refractivity contribution in [1.82, 2.24) is 10.0 Å². The number of benzene rings is 2. The molecule has 178 valence electrons. The second-order valence-electron chi connectivity index (χ2n) is 7.62. The van der Waals surface area contributed by atoms with Gasteiger partial charge in [0.2, 0.25) is 12.7 Å². The van der Waals surface area contributed by atoms with Crippen LogP contribution in [0.1, 0.15) is 10.4 Å². The molecule has 9 nitrogen and oxygen atoms in total. The first-order valence-corrected chi connectivity index (χ1v) is 12.6. The number of rotatable bonds is 7. The Kier molecular flexibility index (Phi) is 6.75. The molecule has 0 aliphatic carbocycles. The maximum absolute atomic E-state index is 13.4. The molecule has 0 fully saturated rings. The third kappa shape index (κ3) is 5.32. The summed E-state index contributed by atoms with van der Waals surface area (Å²) in [5, 5.41) is 2.53. The topological polar surface area (TPSA) is 114 Å². The zero-order chi connectivity index (χ0) is 24.3. The first-order valence-electron chi connectivity index (χ1n) is 10.3. The van der Waals surface area contributed by atoms with Crippen molar-refractivity contribution in [2.75, 3.05) is 18.7 Å². The van der Waals surface area contributed by atoms with Crippen molar-refractivity contribution in [1.29, 1.82) is 0 Å². The fourth-order valence-electron chi connectivity index (χ4n) is 3.42. The molecule has 1 aromatic heterocycles. The molecule has 2 aromatic carbocycles. The first-order chi connectivity index (χ1) is 16.2. The highest BCUT2D eigenvalue weighted by atomic mass is 32.2. The summed E-state index contributed by atoms with van der Waals surface area (Å²) in [5.41, 5.74) is 1.34. The summed E-state index contributed by atoms with van der Waals surface area (Å²) in [5.74, 6) is 0.666. The van der Waals surface area contributed by atoms with E-state index in [2.05, 4.69) is 5.32 Å². The monoisotopic (exact) mass is 501 g/mol. The molecule has 1 aliphatic heterocycles. The van der Waals surface area contributed by atoms with Crippen LogP contribution in [0.5, 0.6) is 11.5 Å². The predicted octanol–water partition coefficient (Wildman–Crippen LogP) is 3.05. The SMILES string of the molecule is Cc1ccc(S(=O)(=O)NC(=O)N[C@@H](Cc2ccccc2)C(=O)N(C)c2ccc3c(c2)OCO3)s1. The lowest BCUT2D eigenvalue weighted by atomic mass is 10.0. The van der Waals surface area contributed by atoms with Crippen molar-refractivity contribution in [2.24, 2.45) is 0 Å². The Morgan fingerprint density at radius 3 is 2.50 bits per heavy atom. The van der Waals surface area contributed by atoms with Crippen LogP contribution in [0, 0.1) is 6.92 Å². The third-order valence-electron chi connectivity index (χ3n) is 5.17. The van der Waals surface area contributed by atoms with Gasteiger partial charge in [-0.15, -0.1) is 11.3 Å². The highest BCUT2D eigenvalue weighted by Crippen LogP contribution is 2.35. The Hall–Kier alpha value is -3.57. The van der Waals surface area contributed by atoms with Gasteiger partial charge in [0.25, 0.3) is 10.0 Å². The summed E-state index contributed by atoms with van der Waals surface area (Å²) in [7, 11) is -2.49. The van der Waals surface area contributed by atoms with Crippen molar-refractivity contribution in [3.8, 4) is 11.5 Å². The minimum absolute atomic E-state index is 0.0172. The minimum Gasteiger partial charge on any atom is -0.454 e. The van der Waals surface area contributed by atoms with E-state index in [1.807, 2.05) is 35.1 Å². The van der Waals surface area contributed by atoms with Gasteiger partial charge in [0.05, 0.1) is 0 Å². The summed E-state index contributed by atoms with van der Waals surface area (Å²) in [6.07, 6.45) is 0.167. The summed E-state index contributed by atoms with van der Waals surface area (Å²) in [6.45, 7) is 1.87. The largest absolute Gasteiger partial charge is 0.454 e. The highest BCUT2D eigenvalue weighted by Gasteiger charge is 2.28. The van der Waals surface area contributed by atoms with Gasteiger partial charge in [-0.05, 0) is 36.8 Å². The highest BCUT2D eigenvalue weighted by molar-refractivity contribution is 7.92. The number of nitrogens with zero attached hydrogens (tertiary/aromatic N) is 1. The van der Waals surface area contributed by atoms with E-state index >= 15 is 0 Å². The van der Waals surface area contributed by atoms with Crippen molar-refractivity contribution >= 4 is 39.0 Å². The van der Waals surface area contributed by atoms with Crippen LogP contribution >= 0.6 is 11.3 Å². The van der Waals surface area contributed by atoms with E-state index in [1.54, 1.807) is 38.2 Å². The molecule has 0 bridgehead atoms. The molecule has 2 N–H and O–H groups in total. The number of nitrogens with one attached hydrogen (secondary N) is 2. The normalized spacial score (nSPS) is 13.2. The molecular weight excluding hydrogens is 478 g/mol. The lowest BCUT2D eigenvalue weighted by Crippen LogP contribution is -2.52. The molecule has 0 saturated carbocycles. The summed E-state index contributed by atoms with van der Waals surface area (Å²) in [6, 6.07) is 15.3. The van der Waals surface area contributed by atoms with E-state index in [0.29, 0.717) is 17.2 Å². The van der Waals surface area contributed by atoms with Gasteiger partial charge in [0.15, 0.2) is 11.5 Å². The van der Waals surface area contributed by atoms with Crippen LogP contribution in [0.4, 0.5) is 10.5 Å². The molecule has 3 amide bonds. The van der Waals surface area contributed by atoms with Crippen molar-refractivity contribution < 1.29 is 27.5 Å². The van der Waals surface area contributed by atoms with E-state index in [-0.39, 0.29) is 17.4 Å². The number of amides is 3. The van der Waals surface area contributed by atoms with E-state index in [4.69, 9.17) is 9.47 Å². The van der Waals surface area contributed by atoms with Gasteiger partial charge in [-0.25, -0.2) is 17.9 Å². The van der Waals surface area contributed by atoms with Gasteiger partial charge >= 0.3 is 6.03 Å². The van der Waals surface area contributed by atoms with E-state index in [9.17, 15) is 18.0 Å². The van der Waals surface area contributed by atoms with Crippen LogP contribution in [0.2, 0.25) is 0 Å².